The Kier molecular flexibility index (Phi) is 6.36. The van der Waals surface area contributed by atoms with E-state index in [-0.39, 0.29) is 18.3 Å². The minimum atomic E-state index is -3.37. The largest absolute Gasteiger partial charge is 0.497 e. The molecule has 1 amide bonds. The van der Waals surface area contributed by atoms with Gasteiger partial charge in [-0.15, -0.1) is 0 Å². The number of nitrogens with one attached hydrogen (secondary N) is 1. The molecule has 0 spiro atoms. The van der Waals surface area contributed by atoms with Crippen molar-refractivity contribution < 1.29 is 22.5 Å². The lowest BCUT2D eigenvalue weighted by molar-refractivity contribution is 0.0946. The molecule has 0 saturated carbocycles. The second kappa shape index (κ2) is 8.95. The third-order valence-electron chi connectivity index (χ3n) is 4.32. The summed E-state index contributed by atoms with van der Waals surface area (Å²) in [5.74, 6) is 1.05. The van der Waals surface area contributed by atoms with Gasteiger partial charge in [0, 0.05) is 17.7 Å². The van der Waals surface area contributed by atoms with Gasteiger partial charge in [0.15, 0.2) is 0 Å². The first-order valence-corrected chi connectivity index (χ1v) is 11.0. The van der Waals surface area contributed by atoms with E-state index in [1.807, 2.05) is 12.1 Å². The summed E-state index contributed by atoms with van der Waals surface area (Å²) in [5, 5.41) is 6.62. The van der Waals surface area contributed by atoms with Crippen LogP contribution in [0.4, 0.5) is 5.69 Å². The van der Waals surface area contributed by atoms with Gasteiger partial charge in [-0.05, 0) is 55.5 Å². The zero-order valence-electron chi connectivity index (χ0n) is 16.8. The van der Waals surface area contributed by atoms with Crippen molar-refractivity contribution in [3.63, 3.8) is 0 Å². The Morgan fingerprint density at radius 2 is 1.80 bits per heavy atom. The third kappa shape index (κ3) is 4.95. The zero-order chi connectivity index (χ0) is 21.7. The first kappa shape index (κ1) is 21.3. The zero-order valence-corrected chi connectivity index (χ0v) is 17.6. The molecule has 0 aliphatic heterocycles. The monoisotopic (exact) mass is 430 g/mol. The lowest BCUT2D eigenvalue weighted by atomic mass is 10.2. The van der Waals surface area contributed by atoms with Crippen molar-refractivity contribution in [1.82, 2.24) is 15.5 Å². The minimum Gasteiger partial charge on any atom is -0.497 e. The summed E-state index contributed by atoms with van der Waals surface area (Å²) in [6.07, 6.45) is 1.14. The van der Waals surface area contributed by atoms with Crippen LogP contribution in [0.3, 0.4) is 0 Å². The van der Waals surface area contributed by atoms with Crippen LogP contribution in [0.25, 0.3) is 11.4 Å². The average Bonchev–Trinajstić information content (AvgIpc) is 3.21. The summed E-state index contributed by atoms with van der Waals surface area (Å²) in [6, 6.07) is 13.5. The van der Waals surface area contributed by atoms with E-state index >= 15 is 0 Å². The number of amides is 1. The molecule has 0 atom stereocenters. The Hall–Kier alpha value is -3.40. The number of rotatable bonds is 8. The van der Waals surface area contributed by atoms with E-state index in [0.717, 1.165) is 17.6 Å². The van der Waals surface area contributed by atoms with Gasteiger partial charge in [0.25, 0.3) is 5.91 Å². The molecule has 0 fully saturated rings. The molecule has 9 nitrogen and oxygen atoms in total. The van der Waals surface area contributed by atoms with Gasteiger partial charge in [0.2, 0.25) is 21.7 Å². The lowest BCUT2D eigenvalue weighted by Gasteiger charge is -2.20. The first-order valence-electron chi connectivity index (χ1n) is 9.14. The Balaban J connectivity index is 1.62. The highest BCUT2D eigenvalue weighted by Gasteiger charge is 2.16. The molecule has 1 N–H and O–H groups in total. The summed E-state index contributed by atoms with van der Waals surface area (Å²) in [5.41, 5.74) is 1.65. The van der Waals surface area contributed by atoms with Crippen molar-refractivity contribution in [2.75, 3.05) is 24.2 Å². The Bertz CT molecular complexity index is 1110. The molecule has 30 heavy (non-hydrogen) atoms. The van der Waals surface area contributed by atoms with Crippen molar-refractivity contribution in [2.45, 2.75) is 13.5 Å². The molecule has 3 aromatic rings. The molecule has 158 valence electrons. The van der Waals surface area contributed by atoms with E-state index in [1.54, 1.807) is 50.4 Å². The number of sulfonamides is 1. The van der Waals surface area contributed by atoms with E-state index < -0.39 is 10.0 Å². The molecule has 0 radical (unpaired) electrons. The number of ether oxygens (including phenoxy) is 1. The summed E-state index contributed by atoms with van der Waals surface area (Å²) in [4.78, 5) is 16.6. The van der Waals surface area contributed by atoms with Crippen LogP contribution in [-0.2, 0) is 16.6 Å². The fourth-order valence-electron chi connectivity index (χ4n) is 2.83. The minimum absolute atomic E-state index is 0.0637. The maximum Gasteiger partial charge on any atom is 0.251 e. The highest BCUT2D eigenvalue weighted by Crippen LogP contribution is 2.20. The predicted molar refractivity (Wildman–Crippen MR) is 112 cm³/mol. The fraction of sp³-hybridized carbons (Fsp3) is 0.250. The van der Waals surface area contributed by atoms with Crippen molar-refractivity contribution in [1.29, 1.82) is 0 Å². The second-order valence-corrected chi connectivity index (χ2v) is 8.30. The summed E-state index contributed by atoms with van der Waals surface area (Å²) in [7, 11) is -1.79. The van der Waals surface area contributed by atoms with E-state index in [4.69, 9.17) is 9.26 Å². The molecule has 0 aliphatic carbocycles. The third-order valence-corrected chi connectivity index (χ3v) is 5.59. The molecule has 0 aliphatic rings. The van der Waals surface area contributed by atoms with Crippen molar-refractivity contribution >= 4 is 21.6 Å². The number of methoxy groups -OCH3 is 1. The summed E-state index contributed by atoms with van der Waals surface area (Å²) >= 11 is 0. The molecule has 1 aromatic heterocycles. The van der Waals surface area contributed by atoms with Crippen LogP contribution in [0, 0.1) is 0 Å². The number of nitrogens with zero attached hydrogens (tertiary/aromatic N) is 3. The SMILES string of the molecule is CCN(c1ccc(C(=O)NCc2nc(-c3ccc(OC)cc3)no2)cc1)S(C)(=O)=O. The predicted octanol–water partition coefficient (Wildman–Crippen LogP) is 2.46. The lowest BCUT2D eigenvalue weighted by Crippen LogP contribution is -2.29. The maximum absolute atomic E-state index is 12.4. The maximum atomic E-state index is 12.4. The van der Waals surface area contributed by atoms with Crippen LogP contribution in [0.5, 0.6) is 5.75 Å². The highest BCUT2D eigenvalue weighted by atomic mass is 32.2. The quantitative estimate of drug-likeness (QED) is 0.584. The molecule has 0 bridgehead atoms. The van der Waals surface area contributed by atoms with Gasteiger partial charge >= 0.3 is 0 Å². The summed E-state index contributed by atoms with van der Waals surface area (Å²) in [6.45, 7) is 2.11. The van der Waals surface area contributed by atoms with Gasteiger partial charge in [0.1, 0.15) is 5.75 Å². The van der Waals surface area contributed by atoms with E-state index in [1.165, 1.54) is 4.31 Å². The van der Waals surface area contributed by atoms with Crippen LogP contribution in [0.2, 0.25) is 0 Å². The summed E-state index contributed by atoms with van der Waals surface area (Å²) < 4.78 is 35.1. The molecular weight excluding hydrogens is 408 g/mol. The number of hydrogen-bond donors (Lipinski definition) is 1. The fourth-order valence-corrected chi connectivity index (χ4v) is 3.80. The van der Waals surface area contributed by atoms with Gasteiger partial charge in [-0.1, -0.05) is 5.16 Å². The normalized spacial score (nSPS) is 11.2. The molecule has 10 heteroatoms. The number of benzene rings is 2. The molecule has 1 heterocycles. The smallest absolute Gasteiger partial charge is 0.251 e. The van der Waals surface area contributed by atoms with Gasteiger partial charge in [-0.3, -0.25) is 9.10 Å². The number of anilines is 1. The van der Waals surface area contributed by atoms with Crippen molar-refractivity contribution in [3.05, 3.63) is 60.0 Å². The second-order valence-electron chi connectivity index (χ2n) is 6.40. The van der Waals surface area contributed by atoms with Gasteiger partial charge < -0.3 is 14.6 Å². The first-order chi connectivity index (χ1) is 14.3. The van der Waals surface area contributed by atoms with E-state index in [9.17, 15) is 13.2 Å². The van der Waals surface area contributed by atoms with Crippen LogP contribution in [-0.4, -0.2) is 44.4 Å². The Labute approximate surface area is 174 Å². The van der Waals surface area contributed by atoms with Gasteiger partial charge in [0.05, 0.1) is 25.6 Å². The molecule has 0 unspecified atom stereocenters. The Morgan fingerprint density at radius 1 is 1.13 bits per heavy atom. The molecule has 2 aromatic carbocycles. The van der Waals surface area contributed by atoms with E-state index in [0.29, 0.717) is 23.6 Å². The van der Waals surface area contributed by atoms with E-state index in [2.05, 4.69) is 15.5 Å². The number of carbonyl (C=O) groups excluding carboxylic acids is 1. The van der Waals surface area contributed by atoms with Crippen LogP contribution >= 0.6 is 0 Å². The standard InChI is InChI=1S/C20H22N4O5S/c1-4-24(30(3,26)27)16-9-5-15(6-10-16)20(25)21-13-18-22-19(23-29-18)14-7-11-17(28-2)12-8-14/h5-12H,4,13H2,1-3H3,(H,21,25). The molecule has 0 saturated heterocycles. The molecule has 3 rings (SSSR count). The van der Waals surface area contributed by atoms with Crippen LogP contribution in [0.15, 0.2) is 53.1 Å². The van der Waals surface area contributed by atoms with Crippen molar-refractivity contribution in [3.8, 4) is 17.1 Å². The topological polar surface area (TPSA) is 115 Å². The van der Waals surface area contributed by atoms with Gasteiger partial charge in [-0.25, -0.2) is 8.42 Å². The highest BCUT2D eigenvalue weighted by molar-refractivity contribution is 7.92. The average molecular weight is 430 g/mol. The molecular formula is C20H22N4O5S. The number of carbonyl (C=O) groups is 1. The Morgan fingerprint density at radius 3 is 2.37 bits per heavy atom. The van der Waals surface area contributed by atoms with Gasteiger partial charge in [-0.2, -0.15) is 4.98 Å². The number of hydrogen-bond acceptors (Lipinski definition) is 7. The van der Waals surface area contributed by atoms with Crippen LogP contribution in [0.1, 0.15) is 23.2 Å². The number of aromatic nitrogens is 2. The van der Waals surface area contributed by atoms with Crippen LogP contribution < -0.4 is 14.4 Å². The van der Waals surface area contributed by atoms with Crippen molar-refractivity contribution in [2.24, 2.45) is 0 Å².